The maximum absolute atomic E-state index is 11.9. The van der Waals surface area contributed by atoms with Crippen molar-refractivity contribution >= 4 is 0 Å². The van der Waals surface area contributed by atoms with Gasteiger partial charge < -0.3 is 0 Å². The van der Waals surface area contributed by atoms with Crippen LogP contribution in [0.1, 0.15) is 57.1 Å². The maximum Gasteiger partial charge on any atom is 0.238 e. The third-order valence-corrected chi connectivity index (χ3v) is 3.12. The molecule has 0 spiro atoms. The van der Waals surface area contributed by atoms with Gasteiger partial charge in [-0.05, 0) is 25.3 Å². The third kappa shape index (κ3) is 7.41. The first-order valence-corrected chi connectivity index (χ1v) is 6.95. The van der Waals surface area contributed by atoms with Crippen molar-refractivity contribution in [3.05, 3.63) is 18.0 Å². The van der Waals surface area contributed by atoms with E-state index in [9.17, 15) is 8.78 Å². The summed E-state index contributed by atoms with van der Waals surface area (Å²) in [5.41, 5.74) is 1.16. The molecular formula is C14H24F2N2. The second-order valence-electron chi connectivity index (χ2n) is 4.89. The van der Waals surface area contributed by atoms with Gasteiger partial charge in [0, 0.05) is 19.7 Å². The van der Waals surface area contributed by atoms with E-state index in [2.05, 4.69) is 11.2 Å². The topological polar surface area (TPSA) is 17.8 Å². The molecule has 1 aromatic rings. The summed E-state index contributed by atoms with van der Waals surface area (Å²) >= 11 is 0. The summed E-state index contributed by atoms with van der Waals surface area (Å²) in [6.07, 6.45) is 8.45. The zero-order valence-corrected chi connectivity index (χ0v) is 11.2. The van der Waals surface area contributed by atoms with Crippen molar-refractivity contribution in [3.8, 4) is 0 Å². The highest BCUT2D eigenvalue weighted by Gasteiger charge is 2.01. The van der Waals surface area contributed by atoms with Crippen molar-refractivity contribution in [1.29, 1.82) is 0 Å². The second-order valence-corrected chi connectivity index (χ2v) is 4.89. The Morgan fingerprint density at radius 3 is 2.22 bits per heavy atom. The van der Waals surface area contributed by atoms with Crippen molar-refractivity contribution in [3.63, 3.8) is 0 Å². The number of rotatable bonds is 10. The number of halogens is 2. The molecule has 0 radical (unpaired) electrons. The van der Waals surface area contributed by atoms with E-state index >= 15 is 0 Å². The van der Waals surface area contributed by atoms with E-state index in [1.54, 1.807) is 0 Å². The molecule has 0 aliphatic heterocycles. The predicted octanol–water partition coefficient (Wildman–Crippen LogP) is 4.35. The maximum atomic E-state index is 11.9. The fraction of sp³-hybridized carbons (Fsp3) is 0.786. The van der Waals surface area contributed by atoms with E-state index in [-0.39, 0.29) is 6.42 Å². The highest BCUT2D eigenvalue weighted by Crippen LogP contribution is 2.12. The Morgan fingerprint density at radius 1 is 1.06 bits per heavy atom. The van der Waals surface area contributed by atoms with Gasteiger partial charge in [-0.2, -0.15) is 5.10 Å². The Hall–Kier alpha value is -0.930. The molecule has 1 rings (SSSR count). The summed E-state index contributed by atoms with van der Waals surface area (Å²) in [4.78, 5) is 0. The van der Waals surface area contributed by atoms with Crippen LogP contribution in [0.15, 0.2) is 12.3 Å². The molecule has 0 bridgehead atoms. The minimum Gasteiger partial charge on any atom is -0.276 e. The molecule has 1 aromatic heterocycles. The van der Waals surface area contributed by atoms with Crippen molar-refractivity contribution in [1.82, 2.24) is 9.78 Å². The van der Waals surface area contributed by atoms with Gasteiger partial charge in [-0.3, -0.25) is 4.68 Å². The number of hydrogen-bond donors (Lipinski definition) is 0. The molecule has 0 unspecified atom stereocenters. The summed E-state index contributed by atoms with van der Waals surface area (Å²) in [6, 6.07) is 2.06. The second kappa shape index (κ2) is 9.06. The molecule has 0 aliphatic carbocycles. The van der Waals surface area contributed by atoms with Gasteiger partial charge in [-0.25, -0.2) is 8.78 Å². The number of aryl methyl sites for hydroxylation is 2. The molecular weight excluding hydrogens is 234 g/mol. The van der Waals surface area contributed by atoms with Gasteiger partial charge in [-0.15, -0.1) is 0 Å². The van der Waals surface area contributed by atoms with Crippen LogP contribution in [0.4, 0.5) is 8.78 Å². The Balaban J connectivity index is 1.84. The predicted molar refractivity (Wildman–Crippen MR) is 69.9 cm³/mol. The van der Waals surface area contributed by atoms with E-state index in [0.29, 0.717) is 6.42 Å². The zero-order chi connectivity index (χ0) is 13.2. The van der Waals surface area contributed by atoms with Crippen molar-refractivity contribution < 1.29 is 8.78 Å². The van der Waals surface area contributed by atoms with Gasteiger partial charge in [-0.1, -0.05) is 32.1 Å². The Bertz CT molecular complexity index is 310. The van der Waals surface area contributed by atoms with Gasteiger partial charge in [0.2, 0.25) is 6.43 Å². The first-order chi connectivity index (χ1) is 8.68. The zero-order valence-electron chi connectivity index (χ0n) is 11.2. The van der Waals surface area contributed by atoms with Gasteiger partial charge in [0.1, 0.15) is 0 Å². The van der Waals surface area contributed by atoms with E-state index in [4.69, 9.17) is 0 Å². The fourth-order valence-electron chi connectivity index (χ4n) is 2.09. The number of unbranched alkanes of at least 4 members (excludes halogenated alkanes) is 6. The Kier molecular flexibility index (Phi) is 7.62. The van der Waals surface area contributed by atoms with E-state index in [1.165, 1.54) is 25.7 Å². The molecule has 1 heterocycles. The fourth-order valence-corrected chi connectivity index (χ4v) is 2.09. The SMILES string of the molecule is Cn1ccc(CCCCCCCCCC(F)F)n1. The van der Waals surface area contributed by atoms with E-state index in [0.717, 1.165) is 25.0 Å². The van der Waals surface area contributed by atoms with Crippen LogP contribution in [0.5, 0.6) is 0 Å². The Morgan fingerprint density at radius 2 is 1.67 bits per heavy atom. The van der Waals surface area contributed by atoms with Crippen molar-refractivity contribution in [2.45, 2.75) is 64.2 Å². The number of alkyl halides is 2. The van der Waals surface area contributed by atoms with Crippen LogP contribution < -0.4 is 0 Å². The molecule has 0 aromatic carbocycles. The molecule has 18 heavy (non-hydrogen) atoms. The van der Waals surface area contributed by atoms with Gasteiger partial charge >= 0.3 is 0 Å². The average Bonchev–Trinajstić information content (AvgIpc) is 2.72. The van der Waals surface area contributed by atoms with Crippen LogP contribution in [-0.4, -0.2) is 16.2 Å². The van der Waals surface area contributed by atoms with E-state index < -0.39 is 6.43 Å². The molecule has 0 N–H and O–H groups in total. The van der Waals surface area contributed by atoms with Crippen LogP contribution in [-0.2, 0) is 13.5 Å². The molecule has 0 atom stereocenters. The number of aromatic nitrogens is 2. The normalized spacial score (nSPS) is 11.3. The highest BCUT2D eigenvalue weighted by atomic mass is 19.3. The van der Waals surface area contributed by atoms with Gasteiger partial charge in [0.25, 0.3) is 0 Å². The molecule has 2 nitrogen and oxygen atoms in total. The smallest absolute Gasteiger partial charge is 0.238 e. The van der Waals surface area contributed by atoms with Crippen LogP contribution in [0, 0.1) is 0 Å². The molecule has 0 aliphatic rings. The van der Waals surface area contributed by atoms with Crippen molar-refractivity contribution in [2.24, 2.45) is 7.05 Å². The average molecular weight is 258 g/mol. The summed E-state index contributed by atoms with van der Waals surface area (Å²) in [5, 5.41) is 4.33. The summed E-state index contributed by atoms with van der Waals surface area (Å²) in [6.45, 7) is 0. The molecule has 0 amide bonds. The van der Waals surface area contributed by atoms with Crippen LogP contribution >= 0.6 is 0 Å². The monoisotopic (exact) mass is 258 g/mol. The molecule has 4 heteroatoms. The van der Waals surface area contributed by atoms with Gasteiger partial charge in [0.15, 0.2) is 0 Å². The Labute approximate surface area is 108 Å². The van der Waals surface area contributed by atoms with Crippen molar-refractivity contribution in [2.75, 3.05) is 0 Å². The number of hydrogen-bond acceptors (Lipinski definition) is 1. The summed E-state index contributed by atoms with van der Waals surface area (Å²) < 4.78 is 25.6. The first kappa shape index (κ1) is 15.1. The molecule has 0 saturated heterocycles. The summed E-state index contributed by atoms with van der Waals surface area (Å²) in [5.74, 6) is 0. The minimum atomic E-state index is -2.12. The van der Waals surface area contributed by atoms with Crippen LogP contribution in [0.3, 0.4) is 0 Å². The lowest BCUT2D eigenvalue weighted by Gasteiger charge is -2.01. The summed E-state index contributed by atoms with van der Waals surface area (Å²) in [7, 11) is 1.93. The van der Waals surface area contributed by atoms with E-state index in [1.807, 2.05) is 17.9 Å². The highest BCUT2D eigenvalue weighted by molar-refractivity contribution is 4.98. The number of nitrogens with zero attached hydrogens (tertiary/aromatic N) is 2. The third-order valence-electron chi connectivity index (χ3n) is 3.12. The quantitative estimate of drug-likeness (QED) is 0.570. The standard InChI is InChI=1S/C14H24F2N2/c1-18-12-11-13(17-18)9-7-5-3-2-4-6-8-10-14(15)16/h11-12,14H,2-10H2,1H3. The molecule has 104 valence electrons. The lowest BCUT2D eigenvalue weighted by atomic mass is 10.1. The van der Waals surface area contributed by atoms with Crippen LogP contribution in [0.25, 0.3) is 0 Å². The lowest BCUT2D eigenvalue weighted by Crippen LogP contribution is -1.92. The lowest BCUT2D eigenvalue weighted by molar-refractivity contribution is 0.133. The van der Waals surface area contributed by atoms with Gasteiger partial charge in [0.05, 0.1) is 5.69 Å². The minimum absolute atomic E-state index is 0.0691. The molecule has 0 fully saturated rings. The largest absolute Gasteiger partial charge is 0.276 e. The molecule has 0 saturated carbocycles. The first-order valence-electron chi connectivity index (χ1n) is 6.95. The van der Waals surface area contributed by atoms with Crippen LogP contribution in [0.2, 0.25) is 0 Å².